The fourth-order valence-corrected chi connectivity index (χ4v) is 16.2. The molecular weight excluding hydrogens is 1570 g/mol. The summed E-state index contributed by atoms with van der Waals surface area (Å²) in [6.07, 6.45) is 0. The highest BCUT2D eigenvalue weighted by Gasteiger charge is 2.20. The Labute approximate surface area is 733 Å². The summed E-state index contributed by atoms with van der Waals surface area (Å²) >= 11 is 3.83. The van der Waals surface area contributed by atoms with E-state index in [1.54, 1.807) is 0 Å². The lowest BCUT2D eigenvalue weighted by atomic mass is 9.77. The fraction of sp³-hybridized carbons (Fsp3) is 0. The molecular formula is C116H82BBrN4O2. The maximum atomic E-state index is 9.52. The van der Waals surface area contributed by atoms with Crippen LogP contribution in [-0.2, 0) is 0 Å². The SMILES string of the molecule is Brc1cc(-c2cc(-c3ccccc3)nc(-c3ccccc3)c2)cc(-c2cc(-c3ccccc3)nc(-c3ccccc3)c2)c1.OB(O)c1cc(-c2ccccc2)cc(-c2ccccc2)c1.c1ccc(-c2cc(-c3ccccc3)cc(-c3cc(-c4cc(-c5ccccc5)nc(-c5ccccc5)c4)cc(-c4cc(-c5ccccc5)nc(-c5ccccc5)c4)c3)c2)cc1. The second-order valence-corrected chi connectivity index (χ2v) is 31.4. The lowest BCUT2D eigenvalue weighted by Crippen LogP contribution is -2.29. The summed E-state index contributed by atoms with van der Waals surface area (Å²) in [7, 11) is -1.48. The van der Waals surface area contributed by atoms with Crippen molar-refractivity contribution in [1.29, 1.82) is 0 Å². The summed E-state index contributed by atoms with van der Waals surface area (Å²) < 4.78 is 1.01. The molecule has 0 saturated carbocycles. The minimum Gasteiger partial charge on any atom is -0.423 e. The van der Waals surface area contributed by atoms with Gasteiger partial charge in [-0.25, -0.2) is 19.9 Å². The van der Waals surface area contributed by atoms with Crippen LogP contribution in [0.2, 0.25) is 0 Å². The van der Waals surface area contributed by atoms with Gasteiger partial charge in [0.05, 0.1) is 45.6 Å². The van der Waals surface area contributed by atoms with Gasteiger partial charge < -0.3 is 10.0 Å². The van der Waals surface area contributed by atoms with Crippen molar-refractivity contribution in [1.82, 2.24) is 19.9 Å². The normalized spacial score (nSPS) is 10.9. The number of hydrogen-bond donors (Lipinski definition) is 2. The molecule has 0 spiro atoms. The first-order valence-corrected chi connectivity index (χ1v) is 42.3. The van der Waals surface area contributed by atoms with Crippen LogP contribution in [0.5, 0.6) is 0 Å². The molecule has 588 valence electrons. The van der Waals surface area contributed by atoms with Gasteiger partial charge in [0, 0.05) is 49.0 Å². The van der Waals surface area contributed by atoms with Gasteiger partial charge in [0.15, 0.2) is 0 Å². The monoisotopic (exact) mass is 1650 g/mol. The predicted octanol–water partition coefficient (Wildman–Crippen LogP) is 29.4. The first-order chi connectivity index (χ1) is 61.1. The number of halogens is 1. The van der Waals surface area contributed by atoms with Gasteiger partial charge in [-0.1, -0.05) is 392 Å². The van der Waals surface area contributed by atoms with E-state index >= 15 is 0 Å². The molecule has 0 aliphatic rings. The standard InChI is InChI=1S/C58H40N2.C40H27BrN2.C18H15BO2/c1-7-19-41(20-8-1)47-31-48(42-21-9-2-10-22-42)33-49(32-47)50-34-51(53-37-55(43-23-11-3-12-24-43)59-56(38-53)44-25-13-4-14-26-44)36-52(35-50)54-39-57(45-27-15-5-16-28-45)60-58(40-54)46-29-17-6-18-30-46;41-36-22-32(34-24-37(28-13-5-1-6-14-28)42-38(25-34)29-15-7-2-8-16-29)21-33(23-36)35-26-39(30-17-9-3-10-18-30)43-40(27-35)31-19-11-4-12-20-31;20-19(21)18-12-16(14-7-3-1-4-8-14)11-17(13-18)15-9-5-2-6-10-15/h1-40H;1-27H;1-13,20-21H. The second-order valence-electron chi connectivity index (χ2n) is 30.4. The Morgan fingerprint density at radius 3 is 0.411 bits per heavy atom. The van der Waals surface area contributed by atoms with E-state index in [1.807, 2.05) is 97.1 Å². The van der Waals surface area contributed by atoms with E-state index in [0.717, 1.165) is 172 Å². The largest absolute Gasteiger partial charge is 0.488 e. The van der Waals surface area contributed by atoms with Crippen LogP contribution in [0.15, 0.2) is 490 Å². The zero-order chi connectivity index (χ0) is 83.8. The van der Waals surface area contributed by atoms with Crippen LogP contribution in [0, 0.1) is 0 Å². The molecule has 4 heterocycles. The van der Waals surface area contributed by atoms with E-state index in [2.05, 4.69) is 404 Å². The number of rotatable bonds is 18. The van der Waals surface area contributed by atoms with Crippen molar-refractivity contribution in [3.05, 3.63) is 490 Å². The lowest BCUT2D eigenvalue weighted by molar-refractivity contribution is 0.426. The van der Waals surface area contributed by atoms with Crippen molar-refractivity contribution in [2.24, 2.45) is 0 Å². The highest BCUT2D eigenvalue weighted by atomic mass is 79.9. The predicted molar refractivity (Wildman–Crippen MR) is 520 cm³/mol. The van der Waals surface area contributed by atoms with E-state index < -0.39 is 7.12 Å². The molecule has 0 amide bonds. The minimum atomic E-state index is -1.48. The van der Waals surface area contributed by atoms with E-state index in [4.69, 9.17) is 19.9 Å². The number of hydrogen-bond acceptors (Lipinski definition) is 6. The Hall–Kier alpha value is -15.4. The van der Waals surface area contributed by atoms with Gasteiger partial charge in [0.25, 0.3) is 0 Å². The third-order valence-electron chi connectivity index (χ3n) is 22.0. The van der Waals surface area contributed by atoms with Crippen LogP contribution < -0.4 is 5.46 Å². The molecule has 16 aromatic carbocycles. The molecule has 20 rings (SSSR count). The molecule has 0 aliphatic heterocycles. The maximum absolute atomic E-state index is 9.52. The van der Waals surface area contributed by atoms with E-state index in [1.165, 1.54) is 22.3 Å². The Bertz CT molecular complexity index is 6170. The molecule has 2 N–H and O–H groups in total. The van der Waals surface area contributed by atoms with Crippen molar-refractivity contribution in [2.45, 2.75) is 0 Å². The molecule has 124 heavy (non-hydrogen) atoms. The zero-order valence-corrected chi connectivity index (χ0v) is 69.4. The highest BCUT2D eigenvalue weighted by molar-refractivity contribution is 9.10. The fourth-order valence-electron chi connectivity index (χ4n) is 15.7. The second kappa shape index (κ2) is 37.9. The third-order valence-corrected chi connectivity index (χ3v) is 22.4. The van der Waals surface area contributed by atoms with E-state index in [-0.39, 0.29) is 0 Å². The van der Waals surface area contributed by atoms with E-state index in [0.29, 0.717) is 5.46 Å². The molecule has 8 heteroatoms. The first kappa shape index (κ1) is 79.7. The Kier molecular flexibility index (Phi) is 24.4. The summed E-state index contributed by atoms with van der Waals surface area (Å²) in [5, 5.41) is 19.0. The smallest absolute Gasteiger partial charge is 0.423 e. The van der Waals surface area contributed by atoms with Crippen molar-refractivity contribution >= 4 is 28.5 Å². The number of nitrogens with zero attached hydrogens (tertiary/aromatic N) is 4. The van der Waals surface area contributed by atoms with Crippen molar-refractivity contribution < 1.29 is 10.0 Å². The van der Waals surface area contributed by atoms with E-state index in [9.17, 15) is 10.0 Å². The molecule has 0 saturated heterocycles. The minimum absolute atomic E-state index is 0.496. The Morgan fingerprint density at radius 2 is 0.258 bits per heavy atom. The molecule has 0 atom stereocenters. The number of benzene rings is 16. The van der Waals surface area contributed by atoms with Gasteiger partial charge in [0.1, 0.15) is 0 Å². The van der Waals surface area contributed by atoms with Gasteiger partial charge in [-0.3, -0.25) is 0 Å². The number of aromatic nitrogens is 4. The molecule has 4 aromatic heterocycles. The zero-order valence-electron chi connectivity index (χ0n) is 67.8. The topological polar surface area (TPSA) is 92.0 Å². The Morgan fingerprint density at radius 1 is 0.137 bits per heavy atom. The molecule has 0 radical (unpaired) electrons. The number of pyridine rings is 4. The van der Waals surface area contributed by atoms with Crippen molar-refractivity contribution in [3.8, 4) is 190 Å². The molecule has 0 unspecified atom stereocenters. The van der Waals surface area contributed by atoms with Crippen LogP contribution in [0.1, 0.15) is 0 Å². The van der Waals surface area contributed by atoms with Gasteiger partial charge in [-0.05, 0) is 215 Å². The van der Waals surface area contributed by atoms with Gasteiger partial charge >= 0.3 is 7.12 Å². The average molecular weight is 1650 g/mol. The van der Waals surface area contributed by atoms with Crippen LogP contribution in [0.3, 0.4) is 0 Å². The van der Waals surface area contributed by atoms with Crippen LogP contribution in [-0.4, -0.2) is 37.1 Å². The van der Waals surface area contributed by atoms with Crippen LogP contribution >= 0.6 is 15.9 Å². The molecule has 20 aromatic rings. The summed E-state index contributed by atoms with van der Waals surface area (Å²) in [6, 6.07) is 169. The maximum Gasteiger partial charge on any atom is 0.488 e. The van der Waals surface area contributed by atoms with Crippen molar-refractivity contribution in [3.63, 3.8) is 0 Å². The van der Waals surface area contributed by atoms with Crippen LogP contribution in [0.25, 0.3) is 190 Å². The molecule has 0 aliphatic carbocycles. The van der Waals surface area contributed by atoms with Gasteiger partial charge in [0.2, 0.25) is 0 Å². The third kappa shape index (κ3) is 19.2. The summed E-state index contributed by atoms with van der Waals surface area (Å²) in [6.45, 7) is 0. The molecule has 0 bridgehead atoms. The molecule has 6 nitrogen and oxygen atoms in total. The Balaban J connectivity index is 0.000000141. The van der Waals surface area contributed by atoms with Gasteiger partial charge in [-0.2, -0.15) is 0 Å². The summed E-state index contributed by atoms with van der Waals surface area (Å²) in [5.74, 6) is 0. The highest BCUT2D eigenvalue weighted by Crippen LogP contribution is 2.43. The quantitative estimate of drug-likeness (QED) is 0.0832. The summed E-state index contributed by atoms with van der Waals surface area (Å²) in [5.41, 5.74) is 36.5. The average Bonchev–Trinajstić information content (AvgIpc) is 0.770. The van der Waals surface area contributed by atoms with Gasteiger partial charge in [-0.15, -0.1) is 0 Å². The summed E-state index contributed by atoms with van der Waals surface area (Å²) in [4.78, 5) is 20.6. The van der Waals surface area contributed by atoms with Crippen LogP contribution in [0.4, 0.5) is 0 Å². The lowest BCUT2D eigenvalue weighted by Gasteiger charge is -2.16. The van der Waals surface area contributed by atoms with Crippen molar-refractivity contribution in [2.75, 3.05) is 0 Å². The first-order valence-electron chi connectivity index (χ1n) is 41.5. The molecule has 0 fully saturated rings.